The van der Waals surface area contributed by atoms with Gasteiger partial charge in [0, 0.05) is 24.5 Å². The van der Waals surface area contributed by atoms with E-state index in [2.05, 4.69) is 6.07 Å². The first-order chi connectivity index (χ1) is 13.1. The van der Waals surface area contributed by atoms with E-state index in [0.717, 1.165) is 16.5 Å². The Labute approximate surface area is 157 Å². The van der Waals surface area contributed by atoms with Crippen LogP contribution in [0.3, 0.4) is 0 Å². The number of aryl methyl sites for hydroxylation is 1. The van der Waals surface area contributed by atoms with Crippen LogP contribution < -0.4 is 0 Å². The minimum Gasteiger partial charge on any atom is -0.462 e. The molecule has 0 atom stereocenters. The van der Waals surface area contributed by atoms with Gasteiger partial charge in [-0.3, -0.25) is 4.79 Å². The summed E-state index contributed by atoms with van der Waals surface area (Å²) in [6.07, 6.45) is 2.88. The van der Waals surface area contributed by atoms with E-state index in [1.54, 1.807) is 30.3 Å². The second-order valence-corrected chi connectivity index (χ2v) is 6.44. The zero-order chi connectivity index (χ0) is 19.2. The average Bonchev–Trinajstić information content (AvgIpc) is 3.07. The van der Waals surface area contributed by atoms with Gasteiger partial charge in [-0.1, -0.05) is 18.2 Å². The summed E-state index contributed by atoms with van der Waals surface area (Å²) in [5, 5.41) is 10.4. The number of ketones is 1. The molecule has 0 aliphatic carbocycles. The largest absolute Gasteiger partial charge is 0.462 e. The topological polar surface area (TPSA) is 72.1 Å². The van der Waals surface area contributed by atoms with Gasteiger partial charge in [-0.05, 0) is 49.2 Å². The number of hydrogen-bond acceptors (Lipinski definition) is 4. The van der Waals surface area contributed by atoms with Gasteiger partial charge >= 0.3 is 5.97 Å². The summed E-state index contributed by atoms with van der Waals surface area (Å²) in [6, 6.07) is 16.8. The molecule has 136 valence electrons. The summed E-state index contributed by atoms with van der Waals surface area (Å²) < 4.78 is 7.29. The number of aromatic nitrogens is 1. The van der Waals surface area contributed by atoms with E-state index in [1.165, 1.54) is 6.92 Å². The molecular formula is C22H20N2O3. The van der Waals surface area contributed by atoms with E-state index in [9.17, 15) is 14.9 Å². The van der Waals surface area contributed by atoms with Crippen LogP contribution in [-0.4, -0.2) is 22.9 Å². The Morgan fingerprint density at radius 1 is 1.15 bits per heavy atom. The van der Waals surface area contributed by atoms with Crippen molar-refractivity contribution in [3.05, 3.63) is 71.4 Å². The van der Waals surface area contributed by atoms with Crippen molar-refractivity contribution in [2.24, 2.45) is 0 Å². The highest BCUT2D eigenvalue weighted by molar-refractivity contribution is 5.89. The number of nitrogens with zero attached hydrogens (tertiary/aromatic N) is 2. The quantitative estimate of drug-likeness (QED) is 0.473. The number of carbonyl (C=O) groups is 2. The number of rotatable bonds is 7. The third-order valence-electron chi connectivity index (χ3n) is 4.28. The smallest absolute Gasteiger partial charge is 0.338 e. The first kappa shape index (κ1) is 18.4. The lowest BCUT2D eigenvalue weighted by Gasteiger charge is -2.09. The van der Waals surface area contributed by atoms with Gasteiger partial charge < -0.3 is 9.30 Å². The van der Waals surface area contributed by atoms with E-state index >= 15 is 0 Å². The molecule has 0 fully saturated rings. The molecule has 1 aromatic heterocycles. The van der Waals surface area contributed by atoms with Gasteiger partial charge in [-0.15, -0.1) is 0 Å². The van der Waals surface area contributed by atoms with Crippen LogP contribution in [0.15, 0.2) is 54.7 Å². The molecule has 3 aromatic rings. The molecule has 5 heteroatoms. The monoisotopic (exact) mass is 360 g/mol. The van der Waals surface area contributed by atoms with E-state index in [4.69, 9.17) is 4.74 Å². The van der Waals surface area contributed by atoms with Crippen molar-refractivity contribution in [2.75, 3.05) is 6.61 Å². The Hall–Kier alpha value is -3.39. The highest BCUT2D eigenvalue weighted by Gasteiger charge is 2.11. The summed E-state index contributed by atoms with van der Waals surface area (Å²) in [4.78, 5) is 23.3. The van der Waals surface area contributed by atoms with Crippen LogP contribution in [0.4, 0.5) is 0 Å². The maximum absolute atomic E-state index is 11.9. The molecule has 0 saturated carbocycles. The highest BCUT2D eigenvalue weighted by atomic mass is 16.5. The SMILES string of the molecule is CC(=O)Cc1cc(C#N)c2c(ccn2CCCOC(=O)c2ccccc2)c1. The fourth-order valence-electron chi connectivity index (χ4n) is 3.13. The Morgan fingerprint density at radius 2 is 1.93 bits per heavy atom. The first-order valence-corrected chi connectivity index (χ1v) is 8.82. The van der Waals surface area contributed by atoms with Crippen molar-refractivity contribution < 1.29 is 14.3 Å². The Bertz CT molecular complexity index is 1010. The molecule has 0 N–H and O–H groups in total. The molecule has 27 heavy (non-hydrogen) atoms. The van der Waals surface area contributed by atoms with Crippen molar-refractivity contribution in [2.45, 2.75) is 26.3 Å². The molecule has 3 rings (SSSR count). The second kappa shape index (κ2) is 8.33. The predicted octanol–water partition coefficient (Wildman–Crippen LogP) is 3.89. The second-order valence-electron chi connectivity index (χ2n) is 6.44. The molecule has 0 radical (unpaired) electrons. The van der Waals surface area contributed by atoms with Crippen molar-refractivity contribution in [3.8, 4) is 6.07 Å². The van der Waals surface area contributed by atoms with Crippen LogP contribution in [0.2, 0.25) is 0 Å². The van der Waals surface area contributed by atoms with E-state index in [-0.39, 0.29) is 11.8 Å². The lowest BCUT2D eigenvalue weighted by atomic mass is 10.0. The Morgan fingerprint density at radius 3 is 2.63 bits per heavy atom. The average molecular weight is 360 g/mol. The molecule has 0 unspecified atom stereocenters. The van der Waals surface area contributed by atoms with E-state index in [1.807, 2.05) is 29.0 Å². The first-order valence-electron chi connectivity index (χ1n) is 8.82. The third kappa shape index (κ3) is 4.42. The van der Waals surface area contributed by atoms with Crippen LogP contribution in [-0.2, 0) is 22.5 Å². The standard InChI is InChI=1S/C22H20N2O3/c1-16(25)12-17-13-19-8-10-24(21(19)20(14-17)15-23)9-5-11-27-22(26)18-6-3-2-4-7-18/h2-4,6-8,10,13-14H,5,9,11-12H2,1H3. The summed E-state index contributed by atoms with van der Waals surface area (Å²) in [5.74, 6) is -0.266. The maximum Gasteiger partial charge on any atom is 0.338 e. The zero-order valence-corrected chi connectivity index (χ0v) is 15.1. The molecule has 5 nitrogen and oxygen atoms in total. The molecule has 0 spiro atoms. The summed E-state index contributed by atoms with van der Waals surface area (Å²) in [7, 11) is 0. The summed E-state index contributed by atoms with van der Waals surface area (Å²) >= 11 is 0. The molecule has 0 saturated heterocycles. The van der Waals surface area contributed by atoms with Gasteiger partial charge in [-0.2, -0.15) is 5.26 Å². The number of fused-ring (bicyclic) bond motifs is 1. The van der Waals surface area contributed by atoms with E-state index < -0.39 is 0 Å². The zero-order valence-electron chi connectivity index (χ0n) is 15.1. The number of nitriles is 1. The minimum absolute atomic E-state index is 0.0675. The molecular weight excluding hydrogens is 340 g/mol. The van der Waals surface area contributed by atoms with Crippen LogP contribution in [0.1, 0.15) is 34.8 Å². The van der Waals surface area contributed by atoms with Crippen LogP contribution in [0.25, 0.3) is 10.9 Å². The maximum atomic E-state index is 11.9. The van der Waals surface area contributed by atoms with Gasteiger partial charge in [0.1, 0.15) is 11.9 Å². The summed E-state index contributed by atoms with van der Waals surface area (Å²) in [5.41, 5.74) is 2.78. The molecule has 0 amide bonds. The van der Waals surface area contributed by atoms with Gasteiger partial charge in [0.2, 0.25) is 0 Å². The van der Waals surface area contributed by atoms with Crippen LogP contribution >= 0.6 is 0 Å². The number of benzene rings is 2. The fraction of sp³-hybridized carbons (Fsp3) is 0.227. The van der Waals surface area contributed by atoms with Gasteiger partial charge in [0.15, 0.2) is 0 Å². The lowest BCUT2D eigenvalue weighted by Crippen LogP contribution is -2.08. The molecule has 0 bridgehead atoms. The van der Waals surface area contributed by atoms with Gasteiger partial charge in [-0.25, -0.2) is 4.79 Å². The van der Waals surface area contributed by atoms with Crippen molar-refractivity contribution in [3.63, 3.8) is 0 Å². The number of carbonyl (C=O) groups excluding carboxylic acids is 2. The number of Topliss-reactive ketones (excluding diaryl/α,β-unsaturated/α-hetero) is 1. The van der Waals surface area contributed by atoms with E-state index in [0.29, 0.717) is 37.1 Å². The molecule has 1 heterocycles. The number of ether oxygens (including phenoxy) is 1. The number of esters is 1. The van der Waals surface area contributed by atoms with Crippen LogP contribution in [0, 0.1) is 11.3 Å². The van der Waals surface area contributed by atoms with Crippen molar-refractivity contribution in [1.29, 1.82) is 5.26 Å². The Balaban J connectivity index is 1.66. The normalized spacial score (nSPS) is 10.5. The minimum atomic E-state index is -0.334. The van der Waals surface area contributed by atoms with Gasteiger partial charge in [0.05, 0.1) is 23.3 Å². The predicted molar refractivity (Wildman–Crippen MR) is 102 cm³/mol. The van der Waals surface area contributed by atoms with Gasteiger partial charge in [0.25, 0.3) is 0 Å². The molecule has 2 aromatic carbocycles. The fourth-order valence-corrected chi connectivity index (χ4v) is 3.13. The Kier molecular flexibility index (Phi) is 5.68. The summed E-state index contributed by atoms with van der Waals surface area (Å²) in [6.45, 7) is 2.47. The molecule has 0 aliphatic rings. The van der Waals surface area contributed by atoms with Crippen molar-refractivity contribution in [1.82, 2.24) is 4.57 Å². The highest BCUT2D eigenvalue weighted by Crippen LogP contribution is 2.23. The third-order valence-corrected chi connectivity index (χ3v) is 4.28. The van der Waals surface area contributed by atoms with Crippen molar-refractivity contribution >= 4 is 22.7 Å². The number of hydrogen-bond donors (Lipinski definition) is 0. The van der Waals surface area contributed by atoms with Crippen LogP contribution in [0.5, 0.6) is 0 Å². The molecule has 0 aliphatic heterocycles. The lowest BCUT2D eigenvalue weighted by molar-refractivity contribution is -0.116.